The molecule has 120 valence electrons. The first-order valence-electron chi connectivity index (χ1n) is 6.96. The molecule has 1 aromatic rings. The highest BCUT2D eigenvalue weighted by Gasteiger charge is 2.28. The van der Waals surface area contributed by atoms with E-state index in [4.69, 9.17) is 5.73 Å². The molecular weight excluding hydrogens is 308 g/mol. The topological polar surface area (TPSA) is 80.5 Å². The highest BCUT2D eigenvalue weighted by molar-refractivity contribution is 7.91. The molecule has 7 heteroatoms. The van der Waals surface area contributed by atoms with E-state index in [1.54, 1.807) is 6.92 Å². The normalized spacial score (nSPS) is 11.9. The maximum atomic E-state index is 12.0. The molecule has 0 radical (unpaired) electrons. The Bertz CT molecular complexity index is 618. The van der Waals surface area contributed by atoms with Gasteiger partial charge < -0.3 is 10.6 Å². The number of hydrogen-bond acceptors (Lipinski definition) is 6. The van der Waals surface area contributed by atoms with Crippen LogP contribution in [0.1, 0.15) is 43.3 Å². The lowest BCUT2D eigenvalue weighted by Gasteiger charge is -2.19. The first-order valence-corrected chi connectivity index (χ1v) is 9.67. The van der Waals surface area contributed by atoms with Crippen molar-refractivity contribution < 1.29 is 13.2 Å². The number of anilines is 2. The predicted octanol–water partition coefficient (Wildman–Crippen LogP) is 2.81. The monoisotopic (exact) mass is 332 g/mol. The average Bonchev–Trinajstić information content (AvgIpc) is 2.72. The van der Waals surface area contributed by atoms with E-state index in [0.717, 1.165) is 19.2 Å². The zero-order chi connectivity index (χ0) is 16.4. The number of nitrogens with two attached hydrogens (primary N) is 1. The third-order valence-corrected chi connectivity index (χ3v) is 5.86. The van der Waals surface area contributed by atoms with Crippen LogP contribution in [0.5, 0.6) is 0 Å². The lowest BCUT2D eigenvalue weighted by atomic mass is 10.1. The summed E-state index contributed by atoms with van der Waals surface area (Å²) < 4.78 is 24.1. The molecule has 0 spiro atoms. The molecule has 0 unspecified atom stereocenters. The highest BCUT2D eigenvalue weighted by atomic mass is 32.2. The summed E-state index contributed by atoms with van der Waals surface area (Å²) in [7, 11) is -1.64. The fourth-order valence-electron chi connectivity index (χ4n) is 1.95. The Kier molecular flexibility index (Phi) is 5.81. The predicted molar refractivity (Wildman–Crippen MR) is 89.2 cm³/mol. The molecule has 0 atom stereocenters. The zero-order valence-corrected chi connectivity index (χ0v) is 14.9. The van der Waals surface area contributed by atoms with Crippen molar-refractivity contribution in [2.45, 2.75) is 38.5 Å². The van der Waals surface area contributed by atoms with Gasteiger partial charge in [-0.25, -0.2) is 8.42 Å². The van der Waals surface area contributed by atoms with Crippen LogP contribution in [-0.2, 0) is 9.84 Å². The van der Waals surface area contributed by atoms with Crippen molar-refractivity contribution in [1.82, 2.24) is 0 Å². The molecule has 21 heavy (non-hydrogen) atoms. The van der Waals surface area contributed by atoms with Crippen molar-refractivity contribution in [3.8, 4) is 0 Å². The van der Waals surface area contributed by atoms with Gasteiger partial charge in [0.05, 0.1) is 10.6 Å². The Morgan fingerprint density at radius 1 is 1.38 bits per heavy atom. The first kappa shape index (κ1) is 18.0. The van der Waals surface area contributed by atoms with Gasteiger partial charge in [0.1, 0.15) is 9.90 Å². The van der Waals surface area contributed by atoms with Crippen LogP contribution >= 0.6 is 11.3 Å². The zero-order valence-electron chi connectivity index (χ0n) is 13.3. The number of nitrogen functional groups attached to an aromatic ring is 1. The molecule has 0 amide bonds. The second kappa shape index (κ2) is 6.79. The lowest BCUT2D eigenvalue weighted by Crippen LogP contribution is -2.20. The van der Waals surface area contributed by atoms with E-state index in [1.165, 1.54) is 11.3 Å². The molecule has 0 saturated heterocycles. The van der Waals surface area contributed by atoms with Crippen LogP contribution in [0.2, 0.25) is 0 Å². The quantitative estimate of drug-likeness (QED) is 0.777. The van der Waals surface area contributed by atoms with Crippen molar-refractivity contribution in [3.63, 3.8) is 0 Å². The summed E-state index contributed by atoms with van der Waals surface area (Å²) >= 11 is 1.18. The first-order chi connectivity index (χ1) is 9.59. The van der Waals surface area contributed by atoms with Crippen molar-refractivity contribution in [3.05, 3.63) is 4.88 Å². The summed E-state index contributed by atoms with van der Waals surface area (Å²) in [5.74, 6) is 0.397. The maximum absolute atomic E-state index is 12.0. The van der Waals surface area contributed by atoms with Gasteiger partial charge >= 0.3 is 0 Å². The van der Waals surface area contributed by atoms with Gasteiger partial charge in [-0.05, 0) is 12.3 Å². The summed E-state index contributed by atoms with van der Waals surface area (Å²) in [6, 6.07) is 0. The number of carbonyl (C=O) groups excluding carboxylic acids is 1. The second-order valence-electron chi connectivity index (χ2n) is 5.63. The summed E-state index contributed by atoms with van der Waals surface area (Å²) in [6.45, 7) is 6.68. The van der Waals surface area contributed by atoms with Gasteiger partial charge in [-0.1, -0.05) is 20.8 Å². The molecule has 0 aliphatic carbocycles. The Balaban J connectivity index is 3.33. The number of hydrogen-bond donors (Lipinski definition) is 1. The van der Waals surface area contributed by atoms with Crippen molar-refractivity contribution in [2.75, 3.05) is 30.5 Å². The minimum atomic E-state index is -3.48. The summed E-state index contributed by atoms with van der Waals surface area (Å²) in [4.78, 5) is 14.3. The third kappa shape index (κ3) is 4.20. The smallest absolute Gasteiger partial charge is 0.180 e. The second-order valence-corrected chi connectivity index (χ2v) is 8.58. The molecular formula is C14H24N2O3S2. The van der Waals surface area contributed by atoms with Crippen LogP contribution in [0.4, 0.5) is 10.7 Å². The highest BCUT2D eigenvalue weighted by Crippen LogP contribution is 2.41. The van der Waals surface area contributed by atoms with E-state index in [9.17, 15) is 13.2 Å². The Labute approximate surface area is 131 Å². The molecule has 1 rings (SSSR count). The molecule has 5 nitrogen and oxygen atoms in total. The van der Waals surface area contributed by atoms with E-state index >= 15 is 0 Å². The van der Waals surface area contributed by atoms with E-state index in [0.29, 0.717) is 22.2 Å². The van der Waals surface area contributed by atoms with E-state index in [2.05, 4.69) is 13.8 Å². The van der Waals surface area contributed by atoms with Gasteiger partial charge in [0, 0.05) is 26.3 Å². The van der Waals surface area contributed by atoms with Crippen LogP contribution < -0.4 is 10.6 Å². The summed E-state index contributed by atoms with van der Waals surface area (Å²) in [5, 5.41) is 0.562. The number of Topliss-reactive ketones (excluding diaryl/α,β-unsaturated/α-hetero) is 1. The molecule has 0 fully saturated rings. The number of carbonyl (C=O) groups is 1. The number of sulfone groups is 1. The van der Waals surface area contributed by atoms with Gasteiger partial charge in [0.25, 0.3) is 0 Å². The molecule has 0 aromatic carbocycles. The molecule has 1 heterocycles. The number of nitrogens with zero attached hydrogens (tertiary/aromatic N) is 1. The standard InChI is InChI=1S/C14H24N2O3S2/c1-6-10(17)12-11(15)13(21(5,18)19)14(20-12)16(4)8-7-9(2)3/h9H,6-8,15H2,1-5H3. The van der Waals surface area contributed by atoms with E-state index in [-0.39, 0.29) is 16.4 Å². The fourth-order valence-corrected chi connectivity index (χ4v) is 4.68. The minimum Gasteiger partial charge on any atom is -0.396 e. The largest absolute Gasteiger partial charge is 0.396 e. The molecule has 0 aliphatic heterocycles. The van der Waals surface area contributed by atoms with Gasteiger partial charge in [-0.2, -0.15) is 0 Å². The third-order valence-electron chi connectivity index (χ3n) is 3.22. The van der Waals surface area contributed by atoms with Crippen molar-refractivity contribution in [2.24, 2.45) is 5.92 Å². The van der Waals surface area contributed by atoms with Crippen LogP contribution in [0.3, 0.4) is 0 Å². The minimum absolute atomic E-state index is 0.0931. The molecule has 0 aliphatic rings. The van der Waals surface area contributed by atoms with E-state index in [1.807, 2.05) is 11.9 Å². The molecule has 0 bridgehead atoms. The fraction of sp³-hybridized carbons (Fsp3) is 0.643. The number of thiophene rings is 1. The molecule has 1 aromatic heterocycles. The maximum Gasteiger partial charge on any atom is 0.180 e. The number of ketones is 1. The van der Waals surface area contributed by atoms with Crippen molar-refractivity contribution in [1.29, 1.82) is 0 Å². The Morgan fingerprint density at radius 3 is 2.38 bits per heavy atom. The molecule has 2 N–H and O–H groups in total. The Morgan fingerprint density at radius 2 is 1.95 bits per heavy atom. The summed E-state index contributed by atoms with van der Waals surface area (Å²) in [6.07, 6.45) is 2.38. The Hall–Kier alpha value is -1.08. The average molecular weight is 332 g/mol. The molecule has 0 saturated carbocycles. The van der Waals surface area contributed by atoms with Gasteiger partial charge in [-0.15, -0.1) is 11.3 Å². The van der Waals surface area contributed by atoms with Crippen LogP contribution in [0.25, 0.3) is 0 Å². The van der Waals surface area contributed by atoms with Crippen LogP contribution in [0, 0.1) is 5.92 Å². The van der Waals surface area contributed by atoms with Gasteiger partial charge in [-0.3, -0.25) is 4.79 Å². The lowest BCUT2D eigenvalue weighted by molar-refractivity contribution is 0.0992. The number of rotatable bonds is 7. The SMILES string of the molecule is CCC(=O)c1sc(N(C)CCC(C)C)c(S(C)(=O)=O)c1N. The van der Waals surface area contributed by atoms with Gasteiger partial charge in [0.2, 0.25) is 0 Å². The van der Waals surface area contributed by atoms with E-state index < -0.39 is 9.84 Å². The van der Waals surface area contributed by atoms with Crippen molar-refractivity contribution >= 4 is 37.6 Å². The summed E-state index contributed by atoms with van der Waals surface area (Å²) in [5.41, 5.74) is 6.04. The van der Waals surface area contributed by atoms with Crippen LogP contribution in [0.15, 0.2) is 4.90 Å². The van der Waals surface area contributed by atoms with Crippen LogP contribution in [-0.4, -0.2) is 34.0 Å². The van der Waals surface area contributed by atoms with Gasteiger partial charge in [0.15, 0.2) is 15.6 Å².